The van der Waals surface area contributed by atoms with Crippen LogP contribution in [0.25, 0.3) is 0 Å². The Labute approximate surface area is 126 Å². The third kappa shape index (κ3) is 3.13. The van der Waals surface area contributed by atoms with Crippen molar-refractivity contribution in [1.82, 2.24) is 4.98 Å². The number of nitriles is 1. The Morgan fingerprint density at radius 3 is 2.65 bits per heavy atom. The van der Waals surface area contributed by atoms with Crippen molar-refractivity contribution >= 4 is 34.7 Å². The molecule has 0 bridgehead atoms. The summed E-state index contributed by atoms with van der Waals surface area (Å²) in [6.07, 6.45) is 0. The van der Waals surface area contributed by atoms with E-state index in [1.165, 1.54) is 6.07 Å². The van der Waals surface area contributed by atoms with Crippen molar-refractivity contribution in [2.75, 3.05) is 12.4 Å². The van der Waals surface area contributed by atoms with Crippen LogP contribution in [0.15, 0.2) is 24.3 Å². The number of hydrogen-bond donors (Lipinski definition) is 1. The lowest BCUT2D eigenvalue weighted by Crippen LogP contribution is -1.98. The molecule has 1 heterocycles. The van der Waals surface area contributed by atoms with Gasteiger partial charge in [-0.2, -0.15) is 5.26 Å². The fourth-order valence-electron chi connectivity index (χ4n) is 1.69. The largest absolute Gasteiger partial charge is 0.495 e. The highest BCUT2D eigenvalue weighted by Crippen LogP contribution is 2.33. The van der Waals surface area contributed by atoms with Crippen LogP contribution in [0.4, 0.5) is 11.5 Å². The molecule has 4 nitrogen and oxygen atoms in total. The van der Waals surface area contributed by atoms with Crippen LogP contribution in [0.2, 0.25) is 10.2 Å². The third-order valence-electron chi connectivity index (χ3n) is 2.67. The van der Waals surface area contributed by atoms with E-state index in [9.17, 15) is 0 Å². The van der Waals surface area contributed by atoms with Gasteiger partial charge in [0.05, 0.1) is 24.4 Å². The van der Waals surface area contributed by atoms with Crippen LogP contribution in [0.3, 0.4) is 0 Å². The van der Waals surface area contributed by atoms with E-state index in [0.29, 0.717) is 27.8 Å². The number of pyridine rings is 1. The van der Waals surface area contributed by atoms with Gasteiger partial charge in [-0.15, -0.1) is 0 Å². The second-order valence-corrected chi connectivity index (χ2v) is 4.90. The standard InChI is InChI=1S/C14H11Cl2N3O/c1-8-3-11(12(20-2)6-10(8)15)18-14-5-9(7-17)4-13(16)19-14/h3-6H,1-2H3,(H,18,19). The number of aromatic nitrogens is 1. The molecule has 0 aliphatic heterocycles. The van der Waals surface area contributed by atoms with Crippen LogP contribution in [0.5, 0.6) is 5.75 Å². The number of halogens is 2. The topological polar surface area (TPSA) is 57.9 Å². The summed E-state index contributed by atoms with van der Waals surface area (Å²) in [6, 6.07) is 8.69. The Morgan fingerprint density at radius 2 is 2.00 bits per heavy atom. The van der Waals surface area contributed by atoms with Crippen LogP contribution >= 0.6 is 23.2 Å². The number of rotatable bonds is 3. The van der Waals surface area contributed by atoms with E-state index in [-0.39, 0.29) is 5.15 Å². The Morgan fingerprint density at radius 1 is 1.25 bits per heavy atom. The third-order valence-corrected chi connectivity index (χ3v) is 3.27. The zero-order valence-electron chi connectivity index (χ0n) is 10.9. The molecule has 2 rings (SSSR count). The van der Waals surface area contributed by atoms with E-state index in [4.69, 9.17) is 33.2 Å². The molecular weight excluding hydrogens is 297 g/mol. The van der Waals surface area contributed by atoms with Crippen LogP contribution < -0.4 is 10.1 Å². The first-order valence-corrected chi connectivity index (χ1v) is 6.48. The summed E-state index contributed by atoms with van der Waals surface area (Å²) in [5, 5.41) is 12.9. The summed E-state index contributed by atoms with van der Waals surface area (Å²) in [6.45, 7) is 1.89. The van der Waals surface area contributed by atoms with Gasteiger partial charge in [0.15, 0.2) is 0 Å². The van der Waals surface area contributed by atoms with Crippen LogP contribution in [-0.2, 0) is 0 Å². The van der Waals surface area contributed by atoms with Crippen molar-refractivity contribution in [3.05, 3.63) is 45.6 Å². The molecule has 0 saturated carbocycles. The summed E-state index contributed by atoms with van der Waals surface area (Å²) in [4.78, 5) is 4.12. The second kappa shape index (κ2) is 6.00. The zero-order chi connectivity index (χ0) is 14.7. The van der Waals surface area contributed by atoms with Crippen molar-refractivity contribution in [2.24, 2.45) is 0 Å². The number of nitrogens with one attached hydrogen (secondary N) is 1. The first kappa shape index (κ1) is 14.4. The highest BCUT2D eigenvalue weighted by molar-refractivity contribution is 6.31. The van der Waals surface area contributed by atoms with E-state index in [1.807, 2.05) is 19.1 Å². The van der Waals surface area contributed by atoms with E-state index in [1.54, 1.807) is 19.2 Å². The molecule has 0 amide bonds. The lowest BCUT2D eigenvalue weighted by atomic mass is 10.2. The molecule has 0 atom stereocenters. The van der Waals surface area contributed by atoms with Crippen molar-refractivity contribution in [2.45, 2.75) is 6.92 Å². The molecule has 0 fully saturated rings. The normalized spacial score (nSPS) is 9.95. The minimum absolute atomic E-state index is 0.246. The molecule has 0 radical (unpaired) electrons. The summed E-state index contributed by atoms with van der Waals surface area (Å²) >= 11 is 11.9. The molecule has 1 aromatic carbocycles. The van der Waals surface area contributed by atoms with Gasteiger partial charge in [0, 0.05) is 11.1 Å². The van der Waals surface area contributed by atoms with Crippen LogP contribution in [0, 0.1) is 18.3 Å². The van der Waals surface area contributed by atoms with Gasteiger partial charge in [-0.3, -0.25) is 0 Å². The molecule has 0 spiro atoms. The summed E-state index contributed by atoms with van der Waals surface area (Å²) in [7, 11) is 1.55. The molecule has 0 unspecified atom stereocenters. The maximum absolute atomic E-state index is 8.93. The second-order valence-electron chi connectivity index (χ2n) is 4.10. The Balaban J connectivity index is 2.42. The number of hydrogen-bond acceptors (Lipinski definition) is 4. The minimum Gasteiger partial charge on any atom is -0.495 e. The number of aryl methyl sites for hydroxylation is 1. The lowest BCUT2D eigenvalue weighted by molar-refractivity contribution is 0.416. The van der Waals surface area contributed by atoms with Crippen molar-refractivity contribution < 1.29 is 4.74 Å². The van der Waals surface area contributed by atoms with Crippen molar-refractivity contribution in [1.29, 1.82) is 5.26 Å². The smallest absolute Gasteiger partial charge is 0.143 e. The zero-order valence-corrected chi connectivity index (χ0v) is 12.4. The molecule has 0 saturated heterocycles. The van der Waals surface area contributed by atoms with Gasteiger partial charge in [0.1, 0.15) is 16.7 Å². The first-order chi connectivity index (χ1) is 9.53. The first-order valence-electron chi connectivity index (χ1n) is 5.72. The van der Waals surface area contributed by atoms with E-state index in [0.717, 1.165) is 5.56 Å². The number of benzene rings is 1. The highest BCUT2D eigenvalue weighted by Gasteiger charge is 2.09. The average Bonchev–Trinajstić information content (AvgIpc) is 2.42. The predicted molar refractivity (Wildman–Crippen MR) is 80.0 cm³/mol. The van der Waals surface area contributed by atoms with Gasteiger partial charge in [-0.25, -0.2) is 4.98 Å². The Kier molecular flexibility index (Phi) is 4.33. The molecule has 1 aromatic heterocycles. The number of ether oxygens (including phenoxy) is 1. The summed E-state index contributed by atoms with van der Waals surface area (Å²) < 4.78 is 5.27. The monoisotopic (exact) mass is 307 g/mol. The Bertz CT molecular complexity index is 696. The van der Waals surface area contributed by atoms with Gasteiger partial charge < -0.3 is 10.1 Å². The van der Waals surface area contributed by atoms with Gasteiger partial charge in [0.2, 0.25) is 0 Å². The molecule has 2 aromatic rings. The summed E-state index contributed by atoms with van der Waals surface area (Å²) in [5.41, 5.74) is 2.03. The molecule has 102 valence electrons. The maximum atomic E-state index is 8.93. The number of methoxy groups -OCH3 is 1. The number of anilines is 2. The molecule has 0 aliphatic rings. The van der Waals surface area contributed by atoms with Crippen molar-refractivity contribution in [3.63, 3.8) is 0 Å². The van der Waals surface area contributed by atoms with Crippen molar-refractivity contribution in [3.8, 4) is 11.8 Å². The predicted octanol–water partition coefficient (Wildman–Crippen LogP) is 4.32. The molecule has 0 aliphatic carbocycles. The van der Waals surface area contributed by atoms with E-state index in [2.05, 4.69) is 10.3 Å². The molecule has 1 N–H and O–H groups in total. The van der Waals surface area contributed by atoms with Gasteiger partial charge in [0.25, 0.3) is 0 Å². The fourth-order valence-corrected chi connectivity index (χ4v) is 2.06. The Hall–Kier alpha value is -1.96. The quantitative estimate of drug-likeness (QED) is 0.858. The van der Waals surface area contributed by atoms with Gasteiger partial charge in [-0.1, -0.05) is 23.2 Å². The fraction of sp³-hybridized carbons (Fsp3) is 0.143. The van der Waals surface area contributed by atoms with Crippen LogP contribution in [-0.4, -0.2) is 12.1 Å². The van der Waals surface area contributed by atoms with Gasteiger partial charge >= 0.3 is 0 Å². The SMILES string of the molecule is COc1cc(Cl)c(C)cc1Nc1cc(C#N)cc(Cl)n1. The van der Waals surface area contributed by atoms with Crippen LogP contribution in [0.1, 0.15) is 11.1 Å². The lowest BCUT2D eigenvalue weighted by Gasteiger charge is -2.13. The molecule has 6 heteroatoms. The van der Waals surface area contributed by atoms with Gasteiger partial charge in [-0.05, 0) is 30.7 Å². The van der Waals surface area contributed by atoms with E-state index >= 15 is 0 Å². The van der Waals surface area contributed by atoms with E-state index < -0.39 is 0 Å². The minimum atomic E-state index is 0.246. The summed E-state index contributed by atoms with van der Waals surface area (Å²) in [5.74, 6) is 1.05. The number of nitrogens with zero attached hydrogens (tertiary/aromatic N) is 2. The maximum Gasteiger partial charge on any atom is 0.143 e. The highest BCUT2D eigenvalue weighted by atomic mass is 35.5. The average molecular weight is 308 g/mol. The molecule has 20 heavy (non-hydrogen) atoms. The molecular formula is C14H11Cl2N3O.